The summed E-state index contributed by atoms with van der Waals surface area (Å²) in [5, 5.41) is 3.18. The fourth-order valence-electron chi connectivity index (χ4n) is 2.85. The van der Waals surface area contributed by atoms with E-state index in [0.29, 0.717) is 0 Å². The lowest BCUT2D eigenvalue weighted by Crippen LogP contribution is -2.44. The predicted molar refractivity (Wildman–Crippen MR) is 118 cm³/mol. The Kier molecular flexibility index (Phi) is 8.37. The van der Waals surface area contributed by atoms with Crippen molar-refractivity contribution in [1.82, 2.24) is 5.32 Å². The molecule has 0 spiro atoms. The third-order valence-electron chi connectivity index (χ3n) is 4.13. The second kappa shape index (κ2) is 10.3. The topological polar surface area (TPSA) is 84.9 Å². The summed E-state index contributed by atoms with van der Waals surface area (Å²) in [5.41, 5.74) is 0.877. The Balaban J connectivity index is 2.55. The number of aryl methyl sites for hydroxylation is 1. The molecule has 7 nitrogen and oxygen atoms in total. The number of hydrogen-bond acceptors (Lipinski definition) is 5. The molecule has 0 bridgehead atoms. The number of sulfonamides is 1. The minimum absolute atomic E-state index is 0.0705. The molecule has 0 aliphatic carbocycles. The number of carbonyl (C=O) groups is 1. The number of anilines is 1. The summed E-state index contributed by atoms with van der Waals surface area (Å²) in [4.78, 5) is 12.5. The first-order chi connectivity index (χ1) is 14.1. The van der Waals surface area contributed by atoms with Gasteiger partial charge in [-0.2, -0.15) is 0 Å². The molecule has 0 fully saturated rings. The van der Waals surface area contributed by atoms with E-state index < -0.39 is 22.5 Å². The Bertz CT molecular complexity index is 994. The molecule has 30 heavy (non-hydrogen) atoms. The minimum atomic E-state index is -4.20. The molecule has 1 N–H and O–H groups in total. The highest BCUT2D eigenvalue weighted by Crippen LogP contribution is 2.33. The van der Waals surface area contributed by atoms with Crippen molar-refractivity contribution in [2.75, 3.05) is 31.7 Å². The molecule has 0 aromatic heterocycles. The van der Waals surface area contributed by atoms with Gasteiger partial charge in [-0.3, -0.25) is 9.10 Å². The van der Waals surface area contributed by atoms with Gasteiger partial charge in [0.15, 0.2) is 0 Å². The van der Waals surface area contributed by atoms with Crippen LogP contribution in [0.3, 0.4) is 0 Å². The number of methoxy groups -OCH3 is 2. The molecule has 0 unspecified atom stereocenters. The van der Waals surface area contributed by atoms with Crippen LogP contribution >= 0.6 is 23.2 Å². The fraction of sp³-hybridized carbons (Fsp3) is 0.350. The lowest BCUT2D eigenvalue weighted by molar-refractivity contribution is -0.120. The molecule has 0 aliphatic heterocycles. The highest BCUT2D eigenvalue weighted by atomic mass is 35.5. The minimum Gasteiger partial charge on any atom is -0.495 e. The zero-order valence-electron chi connectivity index (χ0n) is 17.1. The summed E-state index contributed by atoms with van der Waals surface area (Å²) in [6.07, 6.45) is 0. The van der Waals surface area contributed by atoms with Crippen LogP contribution in [0.25, 0.3) is 0 Å². The number of nitrogens with one attached hydrogen (secondary N) is 1. The van der Waals surface area contributed by atoms with Gasteiger partial charge in [0.25, 0.3) is 10.0 Å². The zero-order valence-corrected chi connectivity index (χ0v) is 19.4. The number of amides is 1. The van der Waals surface area contributed by atoms with Gasteiger partial charge in [0.1, 0.15) is 17.2 Å². The maximum atomic E-state index is 13.6. The molecule has 0 saturated heterocycles. The molecular formula is C20H24Cl2N2O5S. The Morgan fingerprint density at radius 1 is 1.13 bits per heavy atom. The molecule has 0 aliphatic rings. The molecule has 0 radical (unpaired) electrons. The maximum Gasteiger partial charge on any atom is 0.268 e. The van der Waals surface area contributed by atoms with E-state index in [0.717, 1.165) is 9.87 Å². The predicted octanol–water partition coefficient (Wildman–Crippen LogP) is 3.66. The molecule has 164 valence electrons. The van der Waals surface area contributed by atoms with Gasteiger partial charge in [-0.05, 0) is 49.7 Å². The third kappa shape index (κ3) is 6.01. The molecule has 2 aromatic carbocycles. The lowest BCUT2D eigenvalue weighted by Gasteiger charge is -2.26. The van der Waals surface area contributed by atoms with E-state index in [4.69, 9.17) is 32.7 Å². The van der Waals surface area contributed by atoms with Crippen LogP contribution in [0, 0.1) is 6.92 Å². The zero-order chi connectivity index (χ0) is 22.5. The average molecular weight is 475 g/mol. The Morgan fingerprint density at radius 2 is 1.77 bits per heavy atom. The standard InChI is InChI=1S/C20H24Cl2N2O5S/c1-13-5-6-18(29-4)19(7-13)30(26,27)24(11-20(25)23-14(2)12-28-3)17-9-15(21)8-16(22)10-17/h5-10,14H,11-12H2,1-4H3,(H,23,25)/t14-/m1/s1. The highest BCUT2D eigenvalue weighted by Gasteiger charge is 2.31. The largest absolute Gasteiger partial charge is 0.495 e. The van der Waals surface area contributed by atoms with E-state index in [2.05, 4.69) is 5.32 Å². The number of carbonyl (C=O) groups excluding carboxylic acids is 1. The van der Waals surface area contributed by atoms with E-state index >= 15 is 0 Å². The van der Waals surface area contributed by atoms with Gasteiger partial charge in [-0.15, -0.1) is 0 Å². The van der Waals surface area contributed by atoms with Crippen LogP contribution in [0.4, 0.5) is 5.69 Å². The summed E-state index contributed by atoms with van der Waals surface area (Å²) in [6.45, 7) is 3.32. The van der Waals surface area contributed by atoms with Gasteiger partial charge in [0, 0.05) is 23.2 Å². The first kappa shape index (κ1) is 24.3. The summed E-state index contributed by atoms with van der Waals surface area (Å²) < 4.78 is 38.4. The molecular weight excluding hydrogens is 451 g/mol. The molecule has 1 amide bonds. The number of benzene rings is 2. The van der Waals surface area contributed by atoms with Crippen LogP contribution in [0.1, 0.15) is 12.5 Å². The van der Waals surface area contributed by atoms with Crippen LogP contribution in [-0.2, 0) is 19.6 Å². The number of ether oxygens (including phenoxy) is 2. The maximum absolute atomic E-state index is 13.6. The molecule has 2 rings (SSSR count). The van der Waals surface area contributed by atoms with Crippen molar-refractivity contribution in [2.45, 2.75) is 24.8 Å². The van der Waals surface area contributed by atoms with Crippen LogP contribution in [0.15, 0.2) is 41.3 Å². The van der Waals surface area contributed by atoms with Crippen LogP contribution in [0.5, 0.6) is 5.75 Å². The Morgan fingerprint density at radius 3 is 2.33 bits per heavy atom. The summed E-state index contributed by atoms with van der Waals surface area (Å²) >= 11 is 12.2. The molecule has 2 aromatic rings. The average Bonchev–Trinajstić information content (AvgIpc) is 2.65. The number of nitrogens with zero attached hydrogens (tertiary/aromatic N) is 1. The monoisotopic (exact) mass is 474 g/mol. The van der Waals surface area contributed by atoms with E-state index in [9.17, 15) is 13.2 Å². The molecule has 10 heteroatoms. The summed E-state index contributed by atoms with van der Waals surface area (Å²) in [5.74, 6) is -0.349. The SMILES string of the molecule is COC[C@@H](C)NC(=O)CN(c1cc(Cl)cc(Cl)c1)S(=O)(=O)c1cc(C)ccc1OC. The van der Waals surface area contributed by atoms with E-state index in [1.165, 1.54) is 38.5 Å². The normalized spacial score (nSPS) is 12.3. The van der Waals surface area contributed by atoms with Gasteiger partial charge in [0.05, 0.1) is 19.4 Å². The van der Waals surface area contributed by atoms with Crippen molar-refractivity contribution in [3.05, 3.63) is 52.0 Å². The van der Waals surface area contributed by atoms with Crippen molar-refractivity contribution >= 4 is 44.8 Å². The Hall–Kier alpha value is -2.00. The number of halogens is 2. The van der Waals surface area contributed by atoms with Crippen LogP contribution in [-0.4, -0.2) is 47.7 Å². The second-order valence-electron chi connectivity index (χ2n) is 6.72. The smallest absolute Gasteiger partial charge is 0.268 e. The first-order valence-corrected chi connectivity index (χ1v) is 11.2. The number of rotatable bonds is 9. The second-order valence-corrected chi connectivity index (χ2v) is 9.42. The van der Waals surface area contributed by atoms with Gasteiger partial charge in [-0.1, -0.05) is 29.3 Å². The molecule has 0 saturated carbocycles. The van der Waals surface area contributed by atoms with Gasteiger partial charge in [-0.25, -0.2) is 8.42 Å². The first-order valence-electron chi connectivity index (χ1n) is 9.00. The Labute approximate surface area is 186 Å². The summed E-state index contributed by atoms with van der Waals surface area (Å²) in [7, 11) is -1.31. The van der Waals surface area contributed by atoms with Gasteiger partial charge < -0.3 is 14.8 Å². The van der Waals surface area contributed by atoms with Crippen LogP contribution < -0.4 is 14.4 Å². The van der Waals surface area contributed by atoms with E-state index in [1.807, 2.05) is 0 Å². The van der Waals surface area contributed by atoms with Crippen LogP contribution in [0.2, 0.25) is 10.0 Å². The van der Waals surface area contributed by atoms with Crippen molar-refractivity contribution in [2.24, 2.45) is 0 Å². The molecule has 0 heterocycles. The van der Waals surface area contributed by atoms with Crippen molar-refractivity contribution in [3.63, 3.8) is 0 Å². The number of hydrogen-bond donors (Lipinski definition) is 1. The summed E-state index contributed by atoms with van der Waals surface area (Å²) in [6, 6.07) is 8.81. The van der Waals surface area contributed by atoms with Crippen molar-refractivity contribution in [3.8, 4) is 5.75 Å². The highest BCUT2D eigenvalue weighted by molar-refractivity contribution is 7.93. The molecule has 1 atom stereocenters. The third-order valence-corrected chi connectivity index (χ3v) is 6.37. The van der Waals surface area contributed by atoms with Gasteiger partial charge in [0.2, 0.25) is 5.91 Å². The van der Waals surface area contributed by atoms with Crippen molar-refractivity contribution < 1.29 is 22.7 Å². The van der Waals surface area contributed by atoms with Gasteiger partial charge >= 0.3 is 0 Å². The quantitative estimate of drug-likeness (QED) is 0.599. The fourth-order valence-corrected chi connectivity index (χ4v) is 5.01. The van der Waals surface area contributed by atoms with E-state index in [-0.39, 0.29) is 39.0 Å². The van der Waals surface area contributed by atoms with Crippen molar-refractivity contribution in [1.29, 1.82) is 0 Å². The van der Waals surface area contributed by atoms with E-state index in [1.54, 1.807) is 26.0 Å². The lowest BCUT2D eigenvalue weighted by atomic mass is 10.2.